The quantitative estimate of drug-likeness (QED) is 0.767. The van der Waals surface area contributed by atoms with Crippen molar-refractivity contribution in [2.75, 3.05) is 33.4 Å². The number of carbonyl (C=O) groups is 1. The molecule has 1 N–H and O–H groups in total. The summed E-state index contributed by atoms with van der Waals surface area (Å²) >= 11 is 0. The lowest BCUT2D eigenvalue weighted by atomic mass is 9.68. The summed E-state index contributed by atoms with van der Waals surface area (Å²) in [4.78, 5) is 13.2. The van der Waals surface area contributed by atoms with Crippen LogP contribution in [0.25, 0.3) is 0 Å². The maximum absolute atomic E-state index is 13.2. The molecule has 166 valence electrons. The smallest absolute Gasteiger partial charge is 0.251 e. The van der Waals surface area contributed by atoms with Crippen molar-refractivity contribution in [1.29, 1.82) is 0 Å². The van der Waals surface area contributed by atoms with E-state index in [2.05, 4.69) is 26.1 Å². The predicted molar refractivity (Wildman–Crippen MR) is 113 cm³/mol. The predicted octanol–water partition coefficient (Wildman–Crippen LogP) is 2.66. The molecule has 1 aliphatic heterocycles. The standard InChI is InChI=1S/C22H32N2O5S/c1-21(2)16-7-8-22(3,14-16)20(21)23-19(25)15-5-6-17(28-4)18(13-15)30(26,27)24-9-11-29-12-10-24/h5-6,13,16,20H,7-12,14H2,1-4H3,(H,23,25)/t16-,20?,22+/m1/s1. The Morgan fingerprint density at radius 2 is 1.93 bits per heavy atom. The van der Waals surface area contributed by atoms with Gasteiger partial charge < -0.3 is 14.8 Å². The Hall–Kier alpha value is -1.64. The average molecular weight is 437 g/mol. The first-order valence-corrected chi connectivity index (χ1v) is 12.1. The third-order valence-corrected chi connectivity index (χ3v) is 9.48. The molecule has 1 heterocycles. The number of rotatable bonds is 5. The minimum Gasteiger partial charge on any atom is -0.495 e. The summed E-state index contributed by atoms with van der Waals surface area (Å²) in [5.41, 5.74) is 0.460. The number of carbonyl (C=O) groups excluding carboxylic acids is 1. The normalized spacial score (nSPS) is 30.9. The lowest BCUT2D eigenvalue weighted by molar-refractivity contribution is 0.0728. The molecular formula is C22H32N2O5S. The zero-order valence-electron chi connectivity index (χ0n) is 18.2. The van der Waals surface area contributed by atoms with Crippen LogP contribution in [0.15, 0.2) is 23.1 Å². The van der Waals surface area contributed by atoms with Gasteiger partial charge in [-0.25, -0.2) is 8.42 Å². The molecule has 4 rings (SSSR count). The lowest BCUT2D eigenvalue weighted by Crippen LogP contribution is -2.52. The van der Waals surface area contributed by atoms with Gasteiger partial charge in [-0.2, -0.15) is 4.31 Å². The molecule has 8 heteroatoms. The Balaban J connectivity index is 1.62. The van der Waals surface area contributed by atoms with Crippen LogP contribution in [0.2, 0.25) is 0 Å². The molecule has 1 aromatic rings. The number of methoxy groups -OCH3 is 1. The van der Waals surface area contributed by atoms with E-state index in [9.17, 15) is 13.2 Å². The number of benzene rings is 1. The number of morpholine rings is 1. The summed E-state index contributed by atoms with van der Waals surface area (Å²) in [7, 11) is -2.35. The fraction of sp³-hybridized carbons (Fsp3) is 0.682. The van der Waals surface area contributed by atoms with Crippen molar-refractivity contribution in [3.8, 4) is 5.75 Å². The van der Waals surface area contributed by atoms with Crippen LogP contribution < -0.4 is 10.1 Å². The van der Waals surface area contributed by atoms with Crippen molar-refractivity contribution in [2.24, 2.45) is 16.7 Å². The Bertz CT molecular complexity index is 934. The molecule has 1 amide bonds. The van der Waals surface area contributed by atoms with Gasteiger partial charge in [-0.05, 0) is 54.2 Å². The van der Waals surface area contributed by atoms with E-state index in [0.29, 0.717) is 24.7 Å². The first-order valence-electron chi connectivity index (χ1n) is 10.7. The Kier molecular flexibility index (Phi) is 5.39. The van der Waals surface area contributed by atoms with Crippen molar-refractivity contribution in [2.45, 2.75) is 51.0 Å². The van der Waals surface area contributed by atoms with E-state index < -0.39 is 10.0 Å². The minimum absolute atomic E-state index is 0.0256. The van der Waals surface area contributed by atoms with Crippen LogP contribution in [-0.2, 0) is 14.8 Å². The largest absolute Gasteiger partial charge is 0.495 e. The van der Waals surface area contributed by atoms with Gasteiger partial charge >= 0.3 is 0 Å². The second-order valence-corrected chi connectivity index (χ2v) is 11.6. The first kappa shape index (κ1) is 21.6. The van der Waals surface area contributed by atoms with Crippen LogP contribution >= 0.6 is 0 Å². The van der Waals surface area contributed by atoms with E-state index in [1.807, 2.05) is 0 Å². The van der Waals surface area contributed by atoms with Gasteiger partial charge in [-0.15, -0.1) is 0 Å². The van der Waals surface area contributed by atoms with Gasteiger partial charge in [0.25, 0.3) is 5.91 Å². The van der Waals surface area contributed by atoms with Crippen LogP contribution in [-0.4, -0.2) is 58.1 Å². The molecular weight excluding hydrogens is 404 g/mol. The van der Waals surface area contributed by atoms with Crippen molar-refractivity contribution >= 4 is 15.9 Å². The second kappa shape index (κ2) is 7.50. The summed E-state index contributed by atoms with van der Waals surface area (Å²) in [6.07, 6.45) is 3.45. The van der Waals surface area contributed by atoms with Crippen LogP contribution in [0.1, 0.15) is 50.4 Å². The molecule has 2 aliphatic carbocycles. The summed E-state index contributed by atoms with van der Waals surface area (Å²) in [5, 5.41) is 3.24. The topological polar surface area (TPSA) is 84.9 Å². The molecule has 0 aromatic heterocycles. The number of hydrogen-bond acceptors (Lipinski definition) is 5. The Morgan fingerprint density at radius 3 is 2.53 bits per heavy atom. The highest BCUT2D eigenvalue weighted by Crippen LogP contribution is 2.62. The van der Waals surface area contributed by atoms with Crippen LogP contribution in [0.5, 0.6) is 5.75 Å². The van der Waals surface area contributed by atoms with E-state index in [-0.39, 0.29) is 46.5 Å². The highest BCUT2D eigenvalue weighted by molar-refractivity contribution is 7.89. The molecule has 1 saturated heterocycles. The molecule has 3 fully saturated rings. The summed E-state index contributed by atoms with van der Waals surface area (Å²) in [6, 6.07) is 4.71. The maximum atomic E-state index is 13.2. The average Bonchev–Trinajstić information content (AvgIpc) is 3.22. The highest BCUT2D eigenvalue weighted by Gasteiger charge is 2.59. The second-order valence-electron chi connectivity index (χ2n) is 9.70. The SMILES string of the molecule is COc1ccc(C(=O)NC2C(C)(C)[C@@H]3CC[C@@]2(C)C3)cc1S(=O)(=O)N1CCOCC1. The molecule has 3 atom stereocenters. The van der Waals surface area contributed by atoms with Crippen LogP contribution in [0.3, 0.4) is 0 Å². The Labute approximate surface area is 179 Å². The third kappa shape index (κ3) is 3.42. The Morgan fingerprint density at radius 1 is 1.23 bits per heavy atom. The number of nitrogens with one attached hydrogen (secondary N) is 1. The third-order valence-electron chi connectivity index (χ3n) is 7.56. The molecule has 7 nitrogen and oxygen atoms in total. The number of fused-ring (bicyclic) bond motifs is 2. The molecule has 1 aromatic carbocycles. The molecule has 0 radical (unpaired) electrons. The number of sulfonamides is 1. The van der Waals surface area contributed by atoms with Crippen molar-refractivity contribution in [3.63, 3.8) is 0 Å². The molecule has 3 aliphatic rings. The zero-order valence-corrected chi connectivity index (χ0v) is 19.0. The number of nitrogens with zero attached hydrogens (tertiary/aromatic N) is 1. The van der Waals surface area contributed by atoms with E-state index in [1.165, 1.54) is 23.9 Å². The van der Waals surface area contributed by atoms with Crippen molar-refractivity contribution < 1.29 is 22.7 Å². The maximum Gasteiger partial charge on any atom is 0.251 e. The summed E-state index contributed by atoms with van der Waals surface area (Å²) < 4.78 is 38.4. The number of hydrogen-bond donors (Lipinski definition) is 1. The van der Waals surface area contributed by atoms with Crippen LogP contribution in [0.4, 0.5) is 0 Å². The van der Waals surface area contributed by atoms with Gasteiger partial charge in [0, 0.05) is 24.7 Å². The lowest BCUT2D eigenvalue weighted by Gasteiger charge is -2.43. The molecule has 1 unspecified atom stereocenters. The van der Waals surface area contributed by atoms with E-state index >= 15 is 0 Å². The first-order chi connectivity index (χ1) is 14.1. The molecule has 30 heavy (non-hydrogen) atoms. The zero-order chi connectivity index (χ0) is 21.7. The molecule has 2 bridgehead atoms. The number of amides is 1. The van der Waals surface area contributed by atoms with Gasteiger partial charge in [0.05, 0.1) is 20.3 Å². The highest BCUT2D eigenvalue weighted by atomic mass is 32.2. The minimum atomic E-state index is -3.78. The van der Waals surface area contributed by atoms with Gasteiger partial charge in [0.1, 0.15) is 10.6 Å². The fourth-order valence-electron chi connectivity index (χ4n) is 5.82. The van der Waals surface area contributed by atoms with Crippen molar-refractivity contribution in [3.05, 3.63) is 23.8 Å². The van der Waals surface area contributed by atoms with E-state index in [4.69, 9.17) is 9.47 Å². The van der Waals surface area contributed by atoms with Gasteiger partial charge in [0.2, 0.25) is 10.0 Å². The van der Waals surface area contributed by atoms with Gasteiger partial charge in [-0.1, -0.05) is 20.8 Å². The van der Waals surface area contributed by atoms with E-state index in [1.54, 1.807) is 12.1 Å². The van der Waals surface area contributed by atoms with E-state index in [0.717, 1.165) is 12.8 Å². The van der Waals surface area contributed by atoms with Gasteiger partial charge in [0.15, 0.2) is 0 Å². The van der Waals surface area contributed by atoms with Gasteiger partial charge in [-0.3, -0.25) is 4.79 Å². The summed E-state index contributed by atoms with van der Waals surface area (Å²) in [5.74, 6) is 0.620. The molecule has 2 saturated carbocycles. The van der Waals surface area contributed by atoms with Crippen molar-refractivity contribution in [1.82, 2.24) is 9.62 Å². The van der Waals surface area contributed by atoms with Crippen LogP contribution in [0, 0.1) is 16.7 Å². The monoisotopic (exact) mass is 436 g/mol. The fourth-order valence-corrected chi connectivity index (χ4v) is 7.41. The molecule has 0 spiro atoms. The summed E-state index contributed by atoms with van der Waals surface area (Å²) in [6.45, 7) is 8.02. The number of ether oxygens (including phenoxy) is 2.